The summed E-state index contributed by atoms with van der Waals surface area (Å²) in [6.07, 6.45) is 1.68. The number of methoxy groups -OCH3 is 1. The van der Waals surface area contributed by atoms with Crippen LogP contribution in [0.15, 0.2) is 47.6 Å². The molecule has 0 radical (unpaired) electrons. The Labute approximate surface area is 135 Å². The molecule has 0 saturated heterocycles. The largest absolute Gasteiger partial charge is 0.496 e. The molecule has 0 aliphatic rings. The molecule has 0 unspecified atom stereocenters. The number of hydrogen-bond donors (Lipinski definition) is 0. The number of halogens is 1. The molecule has 4 nitrogen and oxygen atoms in total. The SMILES string of the molecule is COc1ccc(Cl)cc1CO/N=C/c1ccc(N(C)C)cc1. The van der Waals surface area contributed by atoms with E-state index in [2.05, 4.69) is 5.16 Å². The monoisotopic (exact) mass is 318 g/mol. The van der Waals surface area contributed by atoms with Gasteiger partial charge in [-0.1, -0.05) is 28.9 Å². The van der Waals surface area contributed by atoms with Gasteiger partial charge in [0.15, 0.2) is 0 Å². The number of benzene rings is 2. The molecule has 0 saturated carbocycles. The second-order valence-electron chi connectivity index (χ2n) is 4.95. The molecule has 0 aliphatic heterocycles. The highest BCUT2D eigenvalue weighted by molar-refractivity contribution is 6.30. The van der Waals surface area contributed by atoms with Crippen molar-refractivity contribution in [1.29, 1.82) is 0 Å². The summed E-state index contributed by atoms with van der Waals surface area (Å²) in [5, 5.41) is 4.62. The summed E-state index contributed by atoms with van der Waals surface area (Å²) >= 11 is 5.97. The molecule has 2 aromatic carbocycles. The molecule has 0 amide bonds. The predicted molar refractivity (Wildman–Crippen MR) is 91.2 cm³/mol. The Morgan fingerprint density at radius 2 is 1.86 bits per heavy atom. The van der Waals surface area contributed by atoms with Crippen LogP contribution in [0.1, 0.15) is 11.1 Å². The summed E-state index contributed by atoms with van der Waals surface area (Å²) in [6.45, 7) is 0.302. The fourth-order valence-electron chi connectivity index (χ4n) is 1.92. The van der Waals surface area contributed by atoms with Crippen LogP contribution >= 0.6 is 11.6 Å². The van der Waals surface area contributed by atoms with Crippen LogP contribution < -0.4 is 9.64 Å². The van der Waals surface area contributed by atoms with Gasteiger partial charge >= 0.3 is 0 Å². The number of ether oxygens (including phenoxy) is 1. The molecule has 0 bridgehead atoms. The van der Waals surface area contributed by atoms with Gasteiger partial charge in [-0.2, -0.15) is 0 Å². The van der Waals surface area contributed by atoms with E-state index < -0.39 is 0 Å². The Hall–Kier alpha value is -2.20. The molecule has 0 spiro atoms. The molecule has 2 aromatic rings. The van der Waals surface area contributed by atoms with E-state index in [1.54, 1.807) is 19.4 Å². The lowest BCUT2D eigenvalue weighted by atomic mass is 10.2. The van der Waals surface area contributed by atoms with E-state index in [4.69, 9.17) is 21.2 Å². The van der Waals surface area contributed by atoms with Crippen molar-refractivity contribution in [3.8, 4) is 5.75 Å². The Morgan fingerprint density at radius 3 is 2.50 bits per heavy atom. The average Bonchev–Trinajstić information content (AvgIpc) is 2.52. The van der Waals surface area contributed by atoms with Gasteiger partial charge in [0.2, 0.25) is 0 Å². The first kappa shape index (κ1) is 16.2. The maximum Gasteiger partial charge on any atom is 0.145 e. The van der Waals surface area contributed by atoms with E-state index in [-0.39, 0.29) is 0 Å². The molecule has 0 aliphatic carbocycles. The zero-order chi connectivity index (χ0) is 15.9. The van der Waals surface area contributed by atoms with Gasteiger partial charge in [0.1, 0.15) is 12.4 Å². The van der Waals surface area contributed by atoms with Gasteiger partial charge in [0, 0.05) is 30.4 Å². The summed E-state index contributed by atoms with van der Waals surface area (Å²) in [4.78, 5) is 7.36. The van der Waals surface area contributed by atoms with Crippen LogP contribution in [0.3, 0.4) is 0 Å². The smallest absolute Gasteiger partial charge is 0.145 e. The second-order valence-corrected chi connectivity index (χ2v) is 5.39. The van der Waals surface area contributed by atoms with E-state index in [0.29, 0.717) is 11.6 Å². The summed E-state index contributed by atoms with van der Waals surface area (Å²) < 4.78 is 5.26. The van der Waals surface area contributed by atoms with Crippen molar-refractivity contribution in [2.24, 2.45) is 5.16 Å². The summed E-state index contributed by atoms with van der Waals surface area (Å²) in [6, 6.07) is 13.4. The quantitative estimate of drug-likeness (QED) is 0.597. The molecule has 0 aromatic heterocycles. The van der Waals surface area contributed by atoms with Gasteiger partial charge in [-0.15, -0.1) is 0 Å². The lowest BCUT2D eigenvalue weighted by Gasteiger charge is -2.11. The minimum absolute atomic E-state index is 0.302. The normalized spacial score (nSPS) is 10.7. The maximum atomic E-state index is 5.97. The molecular formula is C17H19ClN2O2. The average molecular weight is 319 g/mol. The third kappa shape index (κ3) is 4.40. The lowest BCUT2D eigenvalue weighted by Crippen LogP contribution is -2.08. The van der Waals surface area contributed by atoms with Crippen LogP contribution in [0, 0.1) is 0 Å². The topological polar surface area (TPSA) is 34.1 Å². The van der Waals surface area contributed by atoms with Crippen LogP contribution in [0.25, 0.3) is 0 Å². The van der Waals surface area contributed by atoms with Gasteiger partial charge < -0.3 is 14.5 Å². The molecular weight excluding hydrogens is 300 g/mol. The Morgan fingerprint density at radius 1 is 1.14 bits per heavy atom. The zero-order valence-electron chi connectivity index (χ0n) is 12.9. The first-order chi connectivity index (χ1) is 10.6. The van der Waals surface area contributed by atoms with Gasteiger partial charge in [0.05, 0.1) is 13.3 Å². The third-order valence-corrected chi connectivity index (χ3v) is 3.38. The first-order valence-electron chi connectivity index (χ1n) is 6.85. The predicted octanol–water partition coefficient (Wildman–Crippen LogP) is 3.97. The van der Waals surface area contributed by atoms with Crippen LogP contribution in [0.2, 0.25) is 5.02 Å². The van der Waals surface area contributed by atoms with Crippen molar-refractivity contribution in [1.82, 2.24) is 0 Å². The van der Waals surface area contributed by atoms with Crippen LogP contribution in [0.4, 0.5) is 5.69 Å². The fraction of sp³-hybridized carbons (Fsp3) is 0.235. The lowest BCUT2D eigenvalue weighted by molar-refractivity contribution is 0.130. The van der Waals surface area contributed by atoms with Gasteiger partial charge in [-0.25, -0.2) is 0 Å². The Kier molecular flexibility index (Phi) is 5.67. The van der Waals surface area contributed by atoms with Crippen molar-refractivity contribution in [2.75, 3.05) is 26.1 Å². The van der Waals surface area contributed by atoms with E-state index >= 15 is 0 Å². The van der Waals surface area contributed by atoms with Crippen molar-refractivity contribution in [3.05, 3.63) is 58.6 Å². The highest BCUT2D eigenvalue weighted by Crippen LogP contribution is 2.23. The van der Waals surface area contributed by atoms with E-state index in [9.17, 15) is 0 Å². The van der Waals surface area contributed by atoms with Crippen LogP contribution in [-0.2, 0) is 11.4 Å². The van der Waals surface area contributed by atoms with Crippen molar-refractivity contribution in [3.63, 3.8) is 0 Å². The second kappa shape index (κ2) is 7.71. The molecule has 0 atom stereocenters. The number of rotatable bonds is 6. The van der Waals surface area contributed by atoms with E-state index in [0.717, 1.165) is 22.6 Å². The number of oxime groups is 1. The standard InChI is InChI=1S/C17H19ClN2O2/c1-20(2)16-7-4-13(5-8-16)11-19-22-12-14-10-15(18)6-9-17(14)21-3/h4-11H,12H2,1-3H3/b19-11+. The Bertz CT molecular complexity index is 640. The van der Waals surface area contributed by atoms with Crippen molar-refractivity contribution < 1.29 is 9.57 Å². The van der Waals surface area contributed by atoms with E-state index in [1.807, 2.05) is 55.4 Å². The molecule has 0 heterocycles. The van der Waals surface area contributed by atoms with Crippen LogP contribution in [-0.4, -0.2) is 27.4 Å². The number of anilines is 1. The number of hydrogen-bond acceptors (Lipinski definition) is 4. The molecule has 0 fully saturated rings. The molecule has 116 valence electrons. The highest BCUT2D eigenvalue weighted by atomic mass is 35.5. The van der Waals surface area contributed by atoms with Crippen molar-refractivity contribution in [2.45, 2.75) is 6.61 Å². The summed E-state index contributed by atoms with van der Waals surface area (Å²) in [5.41, 5.74) is 2.97. The summed E-state index contributed by atoms with van der Waals surface area (Å²) in [7, 11) is 5.62. The minimum Gasteiger partial charge on any atom is -0.496 e. The van der Waals surface area contributed by atoms with Gasteiger partial charge in [-0.3, -0.25) is 0 Å². The first-order valence-corrected chi connectivity index (χ1v) is 7.23. The zero-order valence-corrected chi connectivity index (χ0v) is 13.7. The van der Waals surface area contributed by atoms with E-state index in [1.165, 1.54) is 0 Å². The van der Waals surface area contributed by atoms with Crippen molar-refractivity contribution >= 4 is 23.5 Å². The molecule has 22 heavy (non-hydrogen) atoms. The van der Waals surface area contributed by atoms with Gasteiger partial charge in [0.25, 0.3) is 0 Å². The summed E-state index contributed by atoms with van der Waals surface area (Å²) in [5.74, 6) is 0.731. The fourth-order valence-corrected chi connectivity index (χ4v) is 2.12. The molecule has 0 N–H and O–H groups in total. The third-order valence-electron chi connectivity index (χ3n) is 3.15. The number of nitrogens with zero attached hydrogens (tertiary/aromatic N) is 2. The van der Waals surface area contributed by atoms with Gasteiger partial charge in [-0.05, 0) is 35.9 Å². The maximum absolute atomic E-state index is 5.97. The Balaban J connectivity index is 1.94. The highest BCUT2D eigenvalue weighted by Gasteiger charge is 2.04. The minimum atomic E-state index is 0.302. The van der Waals surface area contributed by atoms with Crippen LogP contribution in [0.5, 0.6) is 5.75 Å². The molecule has 2 rings (SSSR count). The molecule has 5 heteroatoms.